The second-order valence-corrected chi connectivity index (χ2v) is 5.74. The number of rotatable bonds is 6. The van der Waals surface area contributed by atoms with Gasteiger partial charge in [-0.25, -0.2) is 0 Å². The molecule has 0 atom stereocenters. The first kappa shape index (κ1) is 17.3. The van der Waals surface area contributed by atoms with Gasteiger partial charge in [0.25, 0.3) is 5.91 Å². The highest BCUT2D eigenvalue weighted by atomic mass is 16.7. The molecule has 0 radical (unpaired) electrons. The molecule has 0 saturated heterocycles. The van der Waals surface area contributed by atoms with Crippen molar-refractivity contribution >= 4 is 17.7 Å². The van der Waals surface area contributed by atoms with Crippen molar-refractivity contribution in [2.75, 3.05) is 13.3 Å². The maximum Gasteiger partial charge on any atom is 0.323 e. The highest BCUT2D eigenvalue weighted by Crippen LogP contribution is 2.32. The topological polar surface area (TPSA) is 126 Å². The zero-order valence-corrected chi connectivity index (χ0v) is 13.8. The minimum atomic E-state index is -1.12. The molecule has 0 spiro atoms. The monoisotopic (exact) mass is 355 g/mol. The molecule has 0 unspecified atom stereocenters. The summed E-state index contributed by atoms with van der Waals surface area (Å²) in [5, 5.41) is 16.6. The van der Waals surface area contributed by atoms with E-state index in [4.69, 9.17) is 25.7 Å². The van der Waals surface area contributed by atoms with Crippen molar-refractivity contribution in [1.29, 1.82) is 5.41 Å². The number of fused-ring (bicyclic) bond motifs is 1. The second kappa shape index (κ2) is 7.14. The second-order valence-electron chi connectivity index (χ2n) is 5.74. The van der Waals surface area contributed by atoms with E-state index in [2.05, 4.69) is 0 Å². The Bertz CT molecular complexity index is 881. The average molecular weight is 355 g/mol. The number of nitrogens with one attached hydrogen (secondary N) is 1. The van der Waals surface area contributed by atoms with E-state index in [1.807, 2.05) is 0 Å². The molecule has 0 aromatic heterocycles. The predicted octanol–water partition coefficient (Wildman–Crippen LogP) is 1.43. The van der Waals surface area contributed by atoms with Crippen LogP contribution in [0.5, 0.6) is 11.5 Å². The maximum atomic E-state index is 12.8. The van der Waals surface area contributed by atoms with Crippen LogP contribution >= 0.6 is 0 Å². The lowest BCUT2D eigenvalue weighted by Crippen LogP contribution is -2.35. The van der Waals surface area contributed by atoms with Crippen LogP contribution in [-0.2, 0) is 11.3 Å². The van der Waals surface area contributed by atoms with Crippen LogP contribution in [0, 0.1) is 5.41 Å². The molecule has 8 heteroatoms. The van der Waals surface area contributed by atoms with E-state index >= 15 is 0 Å². The number of nitrogen functional groups attached to an aromatic ring is 1. The van der Waals surface area contributed by atoms with Crippen molar-refractivity contribution in [3.63, 3.8) is 0 Å². The largest absolute Gasteiger partial charge is 0.480 e. The Hall–Kier alpha value is -3.55. The highest BCUT2D eigenvalue weighted by Gasteiger charge is 2.21. The van der Waals surface area contributed by atoms with Gasteiger partial charge in [0.1, 0.15) is 12.4 Å². The van der Waals surface area contributed by atoms with Gasteiger partial charge in [0.15, 0.2) is 11.5 Å². The van der Waals surface area contributed by atoms with E-state index in [0.717, 1.165) is 0 Å². The number of carboxylic acid groups (broad SMARTS) is 1. The van der Waals surface area contributed by atoms with Crippen molar-refractivity contribution in [2.45, 2.75) is 6.54 Å². The molecule has 1 aliphatic heterocycles. The van der Waals surface area contributed by atoms with Crippen molar-refractivity contribution in [1.82, 2.24) is 4.90 Å². The van der Waals surface area contributed by atoms with Gasteiger partial charge in [0.05, 0.1) is 0 Å². The van der Waals surface area contributed by atoms with Gasteiger partial charge in [-0.1, -0.05) is 18.2 Å². The van der Waals surface area contributed by atoms with Gasteiger partial charge in [-0.3, -0.25) is 15.0 Å². The zero-order valence-electron chi connectivity index (χ0n) is 13.8. The summed E-state index contributed by atoms with van der Waals surface area (Å²) >= 11 is 0. The Morgan fingerprint density at radius 3 is 2.58 bits per heavy atom. The molecule has 2 aromatic rings. The lowest BCUT2D eigenvalue weighted by molar-refractivity contribution is -0.137. The van der Waals surface area contributed by atoms with Crippen LogP contribution in [-0.4, -0.2) is 41.1 Å². The van der Waals surface area contributed by atoms with E-state index in [1.165, 1.54) is 11.0 Å². The third-order valence-electron chi connectivity index (χ3n) is 3.84. The number of benzene rings is 2. The Morgan fingerprint density at radius 1 is 1.12 bits per heavy atom. The number of aliphatic carboxylic acids is 1. The quantitative estimate of drug-likeness (QED) is 0.531. The number of hydrogen-bond acceptors (Lipinski definition) is 5. The molecule has 4 N–H and O–H groups in total. The molecule has 1 amide bonds. The summed E-state index contributed by atoms with van der Waals surface area (Å²) in [7, 11) is 0. The van der Waals surface area contributed by atoms with E-state index in [-0.39, 0.29) is 24.7 Å². The number of amidine groups is 1. The van der Waals surface area contributed by atoms with E-state index in [9.17, 15) is 9.59 Å². The molecule has 0 aliphatic carbocycles. The number of ether oxygens (including phenoxy) is 2. The first-order chi connectivity index (χ1) is 12.4. The third kappa shape index (κ3) is 3.75. The molecule has 0 fully saturated rings. The summed E-state index contributed by atoms with van der Waals surface area (Å²) in [4.78, 5) is 25.2. The zero-order chi connectivity index (χ0) is 18.7. The van der Waals surface area contributed by atoms with Crippen LogP contribution in [0.4, 0.5) is 0 Å². The van der Waals surface area contributed by atoms with Gasteiger partial charge in [-0.2, -0.15) is 0 Å². The molecule has 1 heterocycles. The highest BCUT2D eigenvalue weighted by molar-refractivity contribution is 6.00. The first-order valence-electron chi connectivity index (χ1n) is 7.78. The fourth-order valence-electron chi connectivity index (χ4n) is 2.62. The van der Waals surface area contributed by atoms with Gasteiger partial charge >= 0.3 is 5.97 Å². The van der Waals surface area contributed by atoms with Crippen molar-refractivity contribution in [2.24, 2.45) is 5.73 Å². The molecule has 1 aliphatic rings. The molecule has 26 heavy (non-hydrogen) atoms. The Kier molecular flexibility index (Phi) is 4.74. The van der Waals surface area contributed by atoms with Crippen molar-refractivity contribution in [3.8, 4) is 11.5 Å². The van der Waals surface area contributed by atoms with E-state index < -0.39 is 18.4 Å². The fraction of sp³-hybridized carbons (Fsp3) is 0.167. The van der Waals surface area contributed by atoms with Crippen LogP contribution < -0.4 is 15.2 Å². The van der Waals surface area contributed by atoms with E-state index in [1.54, 1.807) is 36.4 Å². The number of carbonyl (C=O) groups excluding carboxylic acids is 1. The SMILES string of the molecule is N=C(N)c1cccc(C(=O)N(CC(=O)O)Cc2ccc3c(c2)OCO3)c1. The number of nitrogens with zero attached hydrogens (tertiary/aromatic N) is 1. The van der Waals surface area contributed by atoms with Gasteiger partial charge in [0.2, 0.25) is 6.79 Å². The summed E-state index contributed by atoms with van der Waals surface area (Å²) in [5.74, 6) is -0.585. The van der Waals surface area contributed by atoms with Gasteiger partial charge in [-0.05, 0) is 29.8 Å². The normalized spacial score (nSPS) is 11.8. The van der Waals surface area contributed by atoms with Gasteiger partial charge in [-0.15, -0.1) is 0 Å². The number of hydrogen-bond donors (Lipinski definition) is 3. The Labute approximate surface area is 149 Å². The van der Waals surface area contributed by atoms with Gasteiger partial charge in [0, 0.05) is 17.7 Å². The van der Waals surface area contributed by atoms with Crippen molar-refractivity contribution in [3.05, 3.63) is 59.2 Å². The van der Waals surface area contributed by atoms with Crippen LogP contribution in [0.2, 0.25) is 0 Å². The van der Waals surface area contributed by atoms with Crippen LogP contribution in [0.15, 0.2) is 42.5 Å². The van der Waals surface area contributed by atoms with Crippen LogP contribution in [0.3, 0.4) is 0 Å². The number of amides is 1. The molecule has 134 valence electrons. The lowest BCUT2D eigenvalue weighted by Gasteiger charge is -2.21. The minimum absolute atomic E-state index is 0.0894. The standard InChI is InChI=1S/C18H17N3O5/c19-17(20)12-2-1-3-13(7-12)18(24)21(9-16(22)23)8-11-4-5-14-15(6-11)26-10-25-14/h1-7H,8-10H2,(H3,19,20)(H,22,23). The molecular formula is C18H17N3O5. The minimum Gasteiger partial charge on any atom is -0.480 e. The average Bonchev–Trinajstić information content (AvgIpc) is 3.08. The first-order valence-corrected chi connectivity index (χ1v) is 7.78. The van der Waals surface area contributed by atoms with Crippen molar-refractivity contribution < 1.29 is 24.2 Å². The molecule has 0 saturated carbocycles. The number of nitrogens with two attached hydrogens (primary N) is 1. The molecule has 3 rings (SSSR count). The molecule has 2 aromatic carbocycles. The summed E-state index contributed by atoms with van der Waals surface area (Å²) in [6.07, 6.45) is 0. The Morgan fingerprint density at radius 2 is 1.85 bits per heavy atom. The van der Waals surface area contributed by atoms with Gasteiger partial charge < -0.3 is 25.2 Å². The van der Waals surface area contributed by atoms with Crippen LogP contribution in [0.1, 0.15) is 21.5 Å². The summed E-state index contributed by atoms with van der Waals surface area (Å²) < 4.78 is 10.6. The molecule has 0 bridgehead atoms. The Balaban J connectivity index is 1.85. The van der Waals surface area contributed by atoms with Crippen LogP contribution in [0.25, 0.3) is 0 Å². The summed E-state index contributed by atoms with van der Waals surface area (Å²) in [5.41, 5.74) is 6.83. The molecular weight excluding hydrogens is 338 g/mol. The number of carboxylic acids is 1. The summed E-state index contributed by atoms with van der Waals surface area (Å²) in [6, 6.07) is 11.4. The lowest BCUT2D eigenvalue weighted by atomic mass is 10.1. The smallest absolute Gasteiger partial charge is 0.323 e. The third-order valence-corrected chi connectivity index (χ3v) is 3.84. The summed E-state index contributed by atoms with van der Waals surface area (Å²) in [6.45, 7) is -0.238. The fourth-order valence-corrected chi connectivity index (χ4v) is 2.62. The molecule has 8 nitrogen and oxygen atoms in total. The van der Waals surface area contributed by atoms with E-state index in [0.29, 0.717) is 22.6 Å². The number of carbonyl (C=O) groups is 2. The maximum absolute atomic E-state index is 12.8. The predicted molar refractivity (Wildman–Crippen MR) is 92.4 cm³/mol.